The Morgan fingerprint density at radius 2 is 2.00 bits per heavy atom. The molecule has 2 aliphatic rings. The Labute approximate surface area is 61.5 Å². The first kappa shape index (κ1) is 6.14. The van der Waals surface area contributed by atoms with Crippen LogP contribution in [0.15, 0.2) is 0 Å². The highest BCUT2D eigenvalue weighted by atomic mass is 16.2. The number of imide groups is 2. The van der Waals surface area contributed by atoms with Crippen molar-refractivity contribution < 1.29 is 14.4 Å². The van der Waals surface area contributed by atoms with Crippen molar-refractivity contribution in [2.24, 2.45) is 0 Å². The molecule has 1 atom stereocenters. The zero-order valence-corrected chi connectivity index (χ0v) is 5.46. The second kappa shape index (κ2) is 1.71. The van der Waals surface area contributed by atoms with Crippen LogP contribution in [0.3, 0.4) is 0 Å². The first-order chi connectivity index (χ1) is 5.20. The lowest BCUT2D eigenvalue weighted by Crippen LogP contribution is -2.35. The highest BCUT2D eigenvalue weighted by molar-refractivity contribution is 6.13. The Kier molecular flexibility index (Phi) is 0.957. The molecule has 2 N–H and O–H groups in total. The number of carbonyl (C=O) groups is 3. The molecule has 0 aliphatic carbocycles. The van der Waals surface area contributed by atoms with Gasteiger partial charge in [-0.3, -0.25) is 10.1 Å². The van der Waals surface area contributed by atoms with Gasteiger partial charge in [-0.05, 0) is 0 Å². The molecule has 58 valence electrons. The van der Waals surface area contributed by atoms with Gasteiger partial charge in [0.1, 0.15) is 6.04 Å². The van der Waals surface area contributed by atoms with Crippen LogP contribution in [0, 0.1) is 0 Å². The number of amides is 5. The number of hydrogen-bond donors (Lipinski definition) is 2. The van der Waals surface area contributed by atoms with Gasteiger partial charge in [0.25, 0.3) is 5.91 Å². The third kappa shape index (κ3) is 0.631. The second-order valence-corrected chi connectivity index (χ2v) is 2.37. The number of fused-ring (bicyclic) bond motifs is 1. The molecular weight excluding hydrogens is 150 g/mol. The van der Waals surface area contributed by atoms with Crippen LogP contribution in [-0.4, -0.2) is 35.5 Å². The highest BCUT2D eigenvalue weighted by Gasteiger charge is 2.46. The molecule has 0 aromatic heterocycles. The maximum absolute atomic E-state index is 10.8. The van der Waals surface area contributed by atoms with Crippen molar-refractivity contribution in [3.63, 3.8) is 0 Å². The normalized spacial score (nSPS) is 28.5. The molecule has 2 aliphatic heterocycles. The summed E-state index contributed by atoms with van der Waals surface area (Å²) in [6.07, 6.45) is 0. The number of nitrogens with one attached hydrogen (secondary N) is 2. The van der Waals surface area contributed by atoms with Crippen LogP contribution in [0.1, 0.15) is 0 Å². The van der Waals surface area contributed by atoms with Gasteiger partial charge in [-0.1, -0.05) is 0 Å². The molecule has 6 nitrogen and oxygen atoms in total. The quantitative estimate of drug-likeness (QED) is 0.423. The highest BCUT2D eigenvalue weighted by Crippen LogP contribution is 2.12. The molecule has 2 saturated heterocycles. The van der Waals surface area contributed by atoms with Crippen molar-refractivity contribution in [1.29, 1.82) is 0 Å². The predicted molar refractivity (Wildman–Crippen MR) is 32.6 cm³/mol. The van der Waals surface area contributed by atoms with Gasteiger partial charge in [-0.2, -0.15) is 0 Å². The van der Waals surface area contributed by atoms with Crippen molar-refractivity contribution in [3.05, 3.63) is 0 Å². The molecule has 0 aromatic carbocycles. The van der Waals surface area contributed by atoms with Crippen molar-refractivity contribution in [1.82, 2.24) is 15.5 Å². The van der Waals surface area contributed by atoms with Gasteiger partial charge in [-0.15, -0.1) is 0 Å². The summed E-state index contributed by atoms with van der Waals surface area (Å²) in [5.41, 5.74) is 0. The maximum atomic E-state index is 10.8. The van der Waals surface area contributed by atoms with Crippen molar-refractivity contribution in [3.8, 4) is 0 Å². The molecule has 2 fully saturated rings. The third-order valence-electron chi connectivity index (χ3n) is 1.73. The molecule has 2 rings (SSSR count). The third-order valence-corrected chi connectivity index (χ3v) is 1.73. The van der Waals surface area contributed by atoms with Gasteiger partial charge in [0.15, 0.2) is 0 Å². The Bertz CT molecular complexity index is 260. The van der Waals surface area contributed by atoms with E-state index in [2.05, 4.69) is 5.32 Å². The maximum Gasteiger partial charge on any atom is 0.333 e. The van der Waals surface area contributed by atoms with Crippen LogP contribution in [0.25, 0.3) is 0 Å². The zero-order chi connectivity index (χ0) is 8.01. The van der Waals surface area contributed by atoms with Crippen molar-refractivity contribution in [2.75, 3.05) is 6.54 Å². The molecule has 1 unspecified atom stereocenters. The average Bonchev–Trinajstić information content (AvgIpc) is 2.41. The van der Waals surface area contributed by atoms with Crippen LogP contribution in [0.2, 0.25) is 0 Å². The lowest BCUT2D eigenvalue weighted by Gasteiger charge is -2.04. The van der Waals surface area contributed by atoms with Gasteiger partial charge < -0.3 is 5.32 Å². The van der Waals surface area contributed by atoms with E-state index in [4.69, 9.17) is 0 Å². The molecule has 5 amide bonds. The summed E-state index contributed by atoms with van der Waals surface area (Å²) in [7, 11) is 0. The van der Waals surface area contributed by atoms with Crippen LogP contribution in [-0.2, 0) is 4.79 Å². The molecule has 0 spiro atoms. The average molecular weight is 155 g/mol. The van der Waals surface area contributed by atoms with E-state index in [0.29, 0.717) is 0 Å². The van der Waals surface area contributed by atoms with Crippen LogP contribution in [0.5, 0.6) is 0 Å². The number of hydrogen-bond acceptors (Lipinski definition) is 3. The summed E-state index contributed by atoms with van der Waals surface area (Å²) in [6, 6.07) is -1.76. The van der Waals surface area contributed by atoms with E-state index in [-0.39, 0.29) is 6.54 Å². The van der Waals surface area contributed by atoms with E-state index >= 15 is 0 Å². The minimum atomic E-state index is -0.630. The molecule has 0 aromatic rings. The Balaban J connectivity index is 2.35. The Morgan fingerprint density at radius 3 is 2.64 bits per heavy atom. The van der Waals surface area contributed by atoms with Gasteiger partial charge >= 0.3 is 12.1 Å². The van der Waals surface area contributed by atoms with Gasteiger partial charge in [0.05, 0.1) is 0 Å². The summed E-state index contributed by atoms with van der Waals surface area (Å²) in [5, 5.41) is 4.42. The van der Waals surface area contributed by atoms with Crippen LogP contribution in [0.4, 0.5) is 9.59 Å². The number of carbonyl (C=O) groups excluding carboxylic acids is 3. The molecular formula is C5H5N3O3. The second-order valence-electron chi connectivity index (χ2n) is 2.37. The smallest absolute Gasteiger partial charge is 0.333 e. The predicted octanol–water partition coefficient (Wildman–Crippen LogP) is -1.37. The molecule has 0 saturated carbocycles. The minimum Gasteiger partial charge on any atom is -0.335 e. The fraction of sp³-hybridized carbons (Fsp3) is 0.400. The van der Waals surface area contributed by atoms with Crippen molar-refractivity contribution in [2.45, 2.75) is 6.04 Å². The summed E-state index contributed by atoms with van der Waals surface area (Å²) < 4.78 is 0. The molecule has 2 heterocycles. The monoisotopic (exact) mass is 155 g/mol. The molecule has 6 heteroatoms. The minimum absolute atomic E-state index is 0.219. The lowest BCUT2D eigenvalue weighted by atomic mass is 10.3. The summed E-state index contributed by atoms with van der Waals surface area (Å²) in [6.45, 7) is 0.219. The Hall–Kier alpha value is -1.59. The molecule has 11 heavy (non-hydrogen) atoms. The van der Waals surface area contributed by atoms with E-state index in [1.54, 1.807) is 0 Å². The fourth-order valence-corrected chi connectivity index (χ4v) is 1.19. The summed E-state index contributed by atoms with van der Waals surface area (Å²) in [4.78, 5) is 33.4. The summed E-state index contributed by atoms with van der Waals surface area (Å²) >= 11 is 0. The SMILES string of the molecule is O=C1NC(=O)N2C(=O)NCC12. The lowest BCUT2D eigenvalue weighted by molar-refractivity contribution is -0.120. The van der Waals surface area contributed by atoms with Gasteiger partial charge in [-0.25, -0.2) is 14.5 Å². The number of rotatable bonds is 0. The van der Waals surface area contributed by atoms with E-state index in [0.717, 1.165) is 4.90 Å². The van der Waals surface area contributed by atoms with E-state index in [1.807, 2.05) is 5.32 Å². The van der Waals surface area contributed by atoms with Crippen LogP contribution < -0.4 is 10.6 Å². The largest absolute Gasteiger partial charge is 0.335 e. The van der Waals surface area contributed by atoms with E-state index < -0.39 is 24.0 Å². The van der Waals surface area contributed by atoms with Gasteiger partial charge in [0.2, 0.25) is 0 Å². The van der Waals surface area contributed by atoms with Gasteiger partial charge in [0, 0.05) is 6.54 Å². The zero-order valence-electron chi connectivity index (χ0n) is 5.46. The molecule has 0 radical (unpaired) electrons. The number of nitrogens with zero attached hydrogens (tertiary/aromatic N) is 1. The summed E-state index contributed by atoms with van der Waals surface area (Å²) in [5.74, 6) is -0.409. The first-order valence-electron chi connectivity index (χ1n) is 3.12. The Morgan fingerprint density at radius 1 is 1.27 bits per heavy atom. The first-order valence-corrected chi connectivity index (χ1v) is 3.12. The number of urea groups is 2. The fourth-order valence-electron chi connectivity index (χ4n) is 1.19. The van der Waals surface area contributed by atoms with Crippen molar-refractivity contribution >= 4 is 18.0 Å². The standard InChI is InChI=1S/C5H5N3O3/c9-3-2-1-6-4(10)8(2)5(11)7-3/h2H,1H2,(H,6,10)(H,7,9,11). The molecule has 0 bridgehead atoms. The van der Waals surface area contributed by atoms with Crippen LogP contribution >= 0.6 is 0 Å². The topological polar surface area (TPSA) is 78.5 Å². The van der Waals surface area contributed by atoms with E-state index in [1.165, 1.54) is 0 Å². The van der Waals surface area contributed by atoms with E-state index in [9.17, 15) is 14.4 Å².